The Hall–Kier alpha value is -0.210. The molecule has 0 saturated carbocycles. The highest BCUT2D eigenvalue weighted by molar-refractivity contribution is 7.86. The second kappa shape index (κ2) is 5.22. The molecule has 0 bridgehead atoms. The van der Waals surface area contributed by atoms with Gasteiger partial charge in [-0.25, -0.2) is 0 Å². The van der Waals surface area contributed by atoms with Crippen LogP contribution in [0.15, 0.2) is 0 Å². The highest BCUT2D eigenvalue weighted by Crippen LogP contribution is 2.23. The van der Waals surface area contributed by atoms with Crippen LogP contribution in [0.1, 0.15) is 12.8 Å². The van der Waals surface area contributed by atoms with Crippen molar-refractivity contribution in [3.8, 4) is 0 Å². The summed E-state index contributed by atoms with van der Waals surface area (Å²) in [4.78, 5) is 0. The molecule has 0 amide bonds. The van der Waals surface area contributed by atoms with E-state index in [9.17, 15) is 13.5 Å². The number of aliphatic hydroxyl groups is 1. The van der Waals surface area contributed by atoms with E-state index >= 15 is 0 Å². The van der Waals surface area contributed by atoms with Crippen LogP contribution in [-0.4, -0.2) is 52.0 Å². The van der Waals surface area contributed by atoms with E-state index < -0.39 is 28.6 Å². The van der Waals surface area contributed by atoms with E-state index in [1.807, 2.05) is 0 Å². The zero-order valence-electron chi connectivity index (χ0n) is 8.75. The van der Waals surface area contributed by atoms with Gasteiger partial charge in [0.2, 0.25) is 0 Å². The van der Waals surface area contributed by atoms with Crippen molar-refractivity contribution in [1.82, 2.24) is 0 Å². The van der Waals surface area contributed by atoms with Crippen molar-refractivity contribution in [3.63, 3.8) is 0 Å². The normalized spacial score (nSPS) is 32.1. The molecule has 0 aromatic carbocycles. The van der Waals surface area contributed by atoms with Crippen molar-refractivity contribution in [3.05, 3.63) is 0 Å². The third kappa shape index (κ3) is 3.69. The summed E-state index contributed by atoms with van der Waals surface area (Å²) in [5.41, 5.74) is 0. The van der Waals surface area contributed by atoms with E-state index in [1.165, 1.54) is 7.11 Å². The minimum absolute atomic E-state index is 0.165. The number of ether oxygens (including phenoxy) is 2. The highest BCUT2D eigenvalue weighted by Gasteiger charge is 2.34. The first-order valence-electron chi connectivity index (χ1n) is 4.63. The van der Waals surface area contributed by atoms with Crippen LogP contribution in [0.2, 0.25) is 0 Å². The standard InChI is InChI=1S/C8H16O6S/c1-12-8-5-6(9)7(14-8)3-4-15(10,11)13-2/h6-9H,3-5H2,1-2H3/t6-,7+,8+/m0/s1. The van der Waals surface area contributed by atoms with Crippen molar-refractivity contribution < 1.29 is 27.2 Å². The van der Waals surface area contributed by atoms with Gasteiger partial charge >= 0.3 is 0 Å². The maximum Gasteiger partial charge on any atom is 0.267 e. The van der Waals surface area contributed by atoms with Crippen LogP contribution < -0.4 is 0 Å². The fourth-order valence-electron chi connectivity index (χ4n) is 1.45. The van der Waals surface area contributed by atoms with E-state index in [0.29, 0.717) is 6.42 Å². The second-order valence-electron chi connectivity index (χ2n) is 3.36. The fourth-order valence-corrected chi connectivity index (χ4v) is 2.13. The van der Waals surface area contributed by atoms with Crippen LogP contribution in [0.25, 0.3) is 0 Å². The van der Waals surface area contributed by atoms with Crippen molar-refractivity contribution in [2.45, 2.75) is 31.3 Å². The molecule has 1 fully saturated rings. The van der Waals surface area contributed by atoms with Crippen LogP contribution in [0, 0.1) is 0 Å². The lowest BCUT2D eigenvalue weighted by Gasteiger charge is -2.13. The van der Waals surface area contributed by atoms with Crippen LogP contribution in [0.4, 0.5) is 0 Å². The topological polar surface area (TPSA) is 82.1 Å². The molecule has 1 N–H and O–H groups in total. The Bertz CT molecular complexity index is 288. The molecule has 1 aliphatic heterocycles. The quantitative estimate of drug-likeness (QED) is 0.651. The van der Waals surface area contributed by atoms with Crippen LogP contribution in [-0.2, 0) is 23.8 Å². The average Bonchev–Trinajstić information content (AvgIpc) is 2.57. The van der Waals surface area contributed by atoms with Crippen LogP contribution >= 0.6 is 0 Å². The van der Waals surface area contributed by atoms with Crippen LogP contribution in [0.5, 0.6) is 0 Å². The predicted octanol–water partition coefficient (Wildman–Crippen LogP) is -0.525. The van der Waals surface area contributed by atoms with Crippen molar-refractivity contribution in [1.29, 1.82) is 0 Å². The Balaban J connectivity index is 2.40. The molecule has 0 unspecified atom stereocenters. The molecular formula is C8H16O6S. The first-order valence-corrected chi connectivity index (χ1v) is 6.21. The lowest BCUT2D eigenvalue weighted by atomic mass is 10.1. The third-order valence-electron chi connectivity index (χ3n) is 2.36. The molecule has 1 heterocycles. The molecule has 1 aliphatic rings. The molecule has 0 spiro atoms. The Morgan fingerprint density at radius 1 is 1.47 bits per heavy atom. The zero-order valence-corrected chi connectivity index (χ0v) is 9.57. The van der Waals surface area contributed by atoms with Gasteiger partial charge in [0.1, 0.15) is 0 Å². The maximum absolute atomic E-state index is 11.0. The molecule has 1 saturated heterocycles. The molecule has 0 aliphatic carbocycles. The van der Waals surface area contributed by atoms with Gasteiger partial charge in [-0.2, -0.15) is 8.42 Å². The first kappa shape index (κ1) is 12.9. The monoisotopic (exact) mass is 240 g/mol. The molecule has 0 radical (unpaired) electrons. The van der Waals surface area contributed by atoms with E-state index in [-0.39, 0.29) is 12.2 Å². The molecule has 1 rings (SSSR count). The maximum atomic E-state index is 11.0. The number of methoxy groups -OCH3 is 1. The Morgan fingerprint density at radius 2 is 2.13 bits per heavy atom. The summed E-state index contributed by atoms with van der Waals surface area (Å²) in [5.74, 6) is -0.165. The van der Waals surface area contributed by atoms with Gasteiger partial charge in [0.15, 0.2) is 6.29 Å². The predicted molar refractivity (Wildman–Crippen MR) is 51.7 cm³/mol. The van der Waals surface area contributed by atoms with Gasteiger partial charge in [-0.15, -0.1) is 0 Å². The fraction of sp³-hybridized carbons (Fsp3) is 1.00. The molecule has 3 atom stereocenters. The molecule has 6 nitrogen and oxygen atoms in total. The number of hydrogen-bond donors (Lipinski definition) is 1. The minimum atomic E-state index is -3.49. The van der Waals surface area contributed by atoms with Gasteiger partial charge in [-0.1, -0.05) is 0 Å². The van der Waals surface area contributed by atoms with Crippen molar-refractivity contribution >= 4 is 10.1 Å². The highest BCUT2D eigenvalue weighted by atomic mass is 32.2. The van der Waals surface area contributed by atoms with E-state index in [4.69, 9.17) is 9.47 Å². The number of aliphatic hydroxyl groups excluding tert-OH is 1. The lowest BCUT2D eigenvalue weighted by Crippen LogP contribution is -2.24. The molecule has 90 valence electrons. The van der Waals surface area contributed by atoms with Gasteiger partial charge < -0.3 is 14.6 Å². The molecule has 0 aromatic rings. The van der Waals surface area contributed by atoms with Gasteiger partial charge in [0.05, 0.1) is 25.1 Å². The summed E-state index contributed by atoms with van der Waals surface area (Å²) < 4.78 is 36.5. The van der Waals surface area contributed by atoms with Crippen LogP contribution in [0.3, 0.4) is 0 Å². The summed E-state index contributed by atoms with van der Waals surface area (Å²) >= 11 is 0. The largest absolute Gasteiger partial charge is 0.390 e. The number of rotatable bonds is 5. The third-order valence-corrected chi connectivity index (χ3v) is 3.60. The summed E-state index contributed by atoms with van der Waals surface area (Å²) in [6.07, 6.45) is -1.05. The van der Waals surface area contributed by atoms with Gasteiger partial charge in [-0.3, -0.25) is 4.18 Å². The van der Waals surface area contributed by atoms with E-state index in [1.54, 1.807) is 0 Å². The van der Waals surface area contributed by atoms with Gasteiger partial charge in [0.25, 0.3) is 10.1 Å². The lowest BCUT2D eigenvalue weighted by molar-refractivity contribution is -0.117. The Morgan fingerprint density at radius 3 is 2.60 bits per heavy atom. The summed E-state index contributed by atoms with van der Waals surface area (Å²) in [6, 6.07) is 0. The van der Waals surface area contributed by atoms with E-state index in [2.05, 4.69) is 4.18 Å². The molecule has 7 heteroatoms. The SMILES string of the molecule is CO[C@H]1C[C@H](O)[C@@H](CCS(=O)(=O)OC)O1. The summed E-state index contributed by atoms with van der Waals surface area (Å²) in [5, 5.41) is 9.52. The van der Waals surface area contributed by atoms with Crippen molar-refractivity contribution in [2.24, 2.45) is 0 Å². The average molecular weight is 240 g/mol. The summed E-state index contributed by atoms with van der Waals surface area (Å²) in [7, 11) is -0.898. The van der Waals surface area contributed by atoms with Crippen molar-refractivity contribution in [2.75, 3.05) is 20.0 Å². The van der Waals surface area contributed by atoms with E-state index in [0.717, 1.165) is 7.11 Å². The van der Waals surface area contributed by atoms with Gasteiger partial charge in [-0.05, 0) is 6.42 Å². The smallest absolute Gasteiger partial charge is 0.267 e. The van der Waals surface area contributed by atoms with Gasteiger partial charge in [0, 0.05) is 13.5 Å². The number of hydrogen-bond acceptors (Lipinski definition) is 6. The molecular weight excluding hydrogens is 224 g/mol. The first-order chi connectivity index (χ1) is 6.98. The summed E-state index contributed by atoms with van der Waals surface area (Å²) in [6.45, 7) is 0. The second-order valence-corrected chi connectivity index (χ2v) is 5.22. The minimum Gasteiger partial charge on any atom is -0.390 e. The zero-order chi connectivity index (χ0) is 11.5. The Kier molecular flexibility index (Phi) is 4.47. The molecule has 0 aromatic heterocycles. The Labute approximate surface area is 89.3 Å². The molecule has 15 heavy (non-hydrogen) atoms.